The zero-order valence-electron chi connectivity index (χ0n) is 9.79. The number of hydrogen-bond acceptors (Lipinski definition) is 5. The molecule has 2 N–H and O–H groups in total. The van der Waals surface area contributed by atoms with Crippen LogP contribution in [0.3, 0.4) is 0 Å². The first-order valence-electron chi connectivity index (χ1n) is 5.30. The predicted molar refractivity (Wildman–Crippen MR) is 65.1 cm³/mol. The number of methoxy groups -OCH3 is 1. The van der Waals surface area contributed by atoms with Gasteiger partial charge in [0.15, 0.2) is 11.6 Å². The van der Waals surface area contributed by atoms with E-state index in [9.17, 15) is 0 Å². The lowest BCUT2D eigenvalue weighted by Gasteiger charge is -2.09. The molecular formula is C12H14N4O. The largest absolute Gasteiger partial charge is 0.374 e. The SMILES string of the molecule is COC(C)c1nc(N)nc(-c2ccccc2)n1. The minimum absolute atomic E-state index is 0.206. The van der Waals surface area contributed by atoms with Crippen LogP contribution in [0.25, 0.3) is 11.4 Å². The molecule has 1 atom stereocenters. The summed E-state index contributed by atoms with van der Waals surface area (Å²) < 4.78 is 5.17. The Balaban J connectivity index is 2.45. The maximum atomic E-state index is 5.67. The molecule has 2 rings (SSSR count). The summed E-state index contributed by atoms with van der Waals surface area (Å²) in [5.41, 5.74) is 6.58. The molecule has 0 amide bonds. The summed E-state index contributed by atoms with van der Waals surface area (Å²) in [5.74, 6) is 1.31. The van der Waals surface area contributed by atoms with Gasteiger partial charge in [-0.2, -0.15) is 9.97 Å². The molecule has 0 bridgehead atoms. The van der Waals surface area contributed by atoms with Crippen LogP contribution in [0.5, 0.6) is 0 Å². The summed E-state index contributed by atoms with van der Waals surface area (Å²) in [4.78, 5) is 12.5. The van der Waals surface area contributed by atoms with Crippen LogP contribution in [0, 0.1) is 0 Å². The minimum Gasteiger partial charge on any atom is -0.374 e. The van der Waals surface area contributed by atoms with E-state index in [2.05, 4.69) is 15.0 Å². The third-order valence-corrected chi connectivity index (χ3v) is 2.42. The van der Waals surface area contributed by atoms with E-state index in [-0.39, 0.29) is 12.1 Å². The molecular weight excluding hydrogens is 216 g/mol. The van der Waals surface area contributed by atoms with Gasteiger partial charge in [-0.1, -0.05) is 30.3 Å². The Kier molecular flexibility index (Phi) is 3.30. The van der Waals surface area contributed by atoms with Crippen molar-refractivity contribution < 1.29 is 4.74 Å². The summed E-state index contributed by atoms with van der Waals surface area (Å²) in [7, 11) is 1.60. The number of nitrogens with two attached hydrogens (primary N) is 1. The van der Waals surface area contributed by atoms with Crippen LogP contribution >= 0.6 is 0 Å². The maximum Gasteiger partial charge on any atom is 0.223 e. The van der Waals surface area contributed by atoms with Gasteiger partial charge in [0.05, 0.1) is 0 Å². The van der Waals surface area contributed by atoms with Crippen LogP contribution in [0.15, 0.2) is 30.3 Å². The summed E-state index contributed by atoms with van der Waals surface area (Å²) in [6, 6.07) is 9.64. The van der Waals surface area contributed by atoms with E-state index < -0.39 is 0 Å². The monoisotopic (exact) mass is 230 g/mol. The molecule has 1 aromatic heterocycles. The van der Waals surface area contributed by atoms with Gasteiger partial charge in [-0.25, -0.2) is 4.98 Å². The van der Waals surface area contributed by atoms with E-state index in [0.29, 0.717) is 11.6 Å². The summed E-state index contributed by atoms with van der Waals surface area (Å²) in [6.45, 7) is 1.86. The van der Waals surface area contributed by atoms with Crippen molar-refractivity contribution in [3.63, 3.8) is 0 Å². The number of rotatable bonds is 3. The fourth-order valence-electron chi connectivity index (χ4n) is 1.41. The Bertz CT molecular complexity index is 501. The minimum atomic E-state index is -0.206. The fraction of sp³-hybridized carbons (Fsp3) is 0.250. The molecule has 0 saturated carbocycles. The number of nitrogens with zero attached hydrogens (tertiary/aromatic N) is 3. The molecule has 0 aliphatic carbocycles. The average molecular weight is 230 g/mol. The molecule has 5 nitrogen and oxygen atoms in total. The fourth-order valence-corrected chi connectivity index (χ4v) is 1.41. The highest BCUT2D eigenvalue weighted by Gasteiger charge is 2.11. The normalized spacial score (nSPS) is 12.4. The van der Waals surface area contributed by atoms with Crippen molar-refractivity contribution >= 4 is 5.95 Å². The van der Waals surface area contributed by atoms with Crippen molar-refractivity contribution in [2.45, 2.75) is 13.0 Å². The van der Waals surface area contributed by atoms with Crippen molar-refractivity contribution in [2.75, 3.05) is 12.8 Å². The number of anilines is 1. The van der Waals surface area contributed by atoms with E-state index in [1.54, 1.807) is 7.11 Å². The van der Waals surface area contributed by atoms with Crippen molar-refractivity contribution in [1.82, 2.24) is 15.0 Å². The predicted octanol–water partition coefficient (Wildman–Crippen LogP) is 1.83. The lowest BCUT2D eigenvalue weighted by molar-refractivity contribution is 0.112. The summed E-state index contributed by atoms with van der Waals surface area (Å²) in [5, 5.41) is 0. The van der Waals surface area contributed by atoms with Crippen molar-refractivity contribution in [3.05, 3.63) is 36.2 Å². The number of benzene rings is 1. The van der Waals surface area contributed by atoms with E-state index in [1.807, 2.05) is 37.3 Å². The quantitative estimate of drug-likeness (QED) is 0.870. The van der Waals surface area contributed by atoms with Gasteiger partial charge < -0.3 is 10.5 Å². The van der Waals surface area contributed by atoms with Crippen LogP contribution in [-0.4, -0.2) is 22.1 Å². The smallest absolute Gasteiger partial charge is 0.223 e. The maximum absolute atomic E-state index is 5.67. The van der Waals surface area contributed by atoms with Crippen LogP contribution in [0.4, 0.5) is 5.95 Å². The van der Waals surface area contributed by atoms with Gasteiger partial charge >= 0.3 is 0 Å². The number of ether oxygens (including phenoxy) is 1. The van der Waals surface area contributed by atoms with Gasteiger partial charge in [-0.05, 0) is 6.92 Å². The molecule has 17 heavy (non-hydrogen) atoms. The molecule has 2 aromatic rings. The second-order valence-corrected chi connectivity index (χ2v) is 3.62. The van der Waals surface area contributed by atoms with Crippen molar-refractivity contribution in [2.24, 2.45) is 0 Å². The van der Waals surface area contributed by atoms with E-state index in [0.717, 1.165) is 5.56 Å². The molecule has 0 radical (unpaired) electrons. The highest BCUT2D eigenvalue weighted by Crippen LogP contribution is 2.18. The van der Waals surface area contributed by atoms with E-state index in [1.165, 1.54) is 0 Å². The number of hydrogen-bond donors (Lipinski definition) is 1. The molecule has 88 valence electrons. The second-order valence-electron chi connectivity index (χ2n) is 3.62. The zero-order valence-corrected chi connectivity index (χ0v) is 9.79. The average Bonchev–Trinajstić information content (AvgIpc) is 2.38. The first kappa shape index (κ1) is 11.5. The molecule has 0 saturated heterocycles. The van der Waals surface area contributed by atoms with Gasteiger partial charge in [0.1, 0.15) is 6.10 Å². The first-order valence-corrected chi connectivity index (χ1v) is 5.30. The molecule has 1 aromatic carbocycles. The molecule has 5 heteroatoms. The van der Waals surface area contributed by atoms with Crippen molar-refractivity contribution in [1.29, 1.82) is 0 Å². The van der Waals surface area contributed by atoms with Gasteiger partial charge in [0.25, 0.3) is 0 Å². The van der Waals surface area contributed by atoms with Crippen LogP contribution < -0.4 is 5.73 Å². The van der Waals surface area contributed by atoms with Gasteiger partial charge in [0, 0.05) is 12.7 Å². The number of aromatic nitrogens is 3. The third kappa shape index (κ3) is 2.57. The lowest BCUT2D eigenvalue weighted by atomic mass is 10.2. The topological polar surface area (TPSA) is 73.9 Å². The van der Waals surface area contributed by atoms with E-state index >= 15 is 0 Å². The summed E-state index contributed by atoms with van der Waals surface area (Å²) in [6.07, 6.45) is -0.206. The first-order chi connectivity index (χ1) is 8.20. The van der Waals surface area contributed by atoms with Crippen LogP contribution in [0.1, 0.15) is 18.9 Å². The molecule has 0 aliphatic rings. The Morgan fingerprint density at radius 3 is 2.47 bits per heavy atom. The molecule has 1 heterocycles. The van der Waals surface area contributed by atoms with Gasteiger partial charge in [-0.3, -0.25) is 0 Å². The zero-order chi connectivity index (χ0) is 12.3. The Hall–Kier alpha value is -2.01. The Morgan fingerprint density at radius 1 is 1.12 bits per heavy atom. The Morgan fingerprint density at radius 2 is 1.82 bits per heavy atom. The van der Waals surface area contributed by atoms with Crippen LogP contribution in [0.2, 0.25) is 0 Å². The molecule has 0 spiro atoms. The molecule has 0 fully saturated rings. The highest BCUT2D eigenvalue weighted by atomic mass is 16.5. The second kappa shape index (κ2) is 4.88. The number of nitrogen functional groups attached to an aromatic ring is 1. The Labute approximate surface area is 99.7 Å². The van der Waals surface area contributed by atoms with Gasteiger partial charge in [0.2, 0.25) is 5.95 Å². The standard InChI is InChI=1S/C12H14N4O/c1-8(17-2)10-14-11(16-12(13)15-10)9-6-4-3-5-7-9/h3-8H,1-2H3,(H2,13,14,15,16). The van der Waals surface area contributed by atoms with Gasteiger partial charge in [-0.15, -0.1) is 0 Å². The molecule has 1 unspecified atom stereocenters. The molecule has 0 aliphatic heterocycles. The highest BCUT2D eigenvalue weighted by molar-refractivity contribution is 5.55. The van der Waals surface area contributed by atoms with Crippen LogP contribution in [-0.2, 0) is 4.74 Å². The lowest BCUT2D eigenvalue weighted by Crippen LogP contribution is -2.08. The third-order valence-electron chi connectivity index (χ3n) is 2.42. The van der Waals surface area contributed by atoms with Crippen molar-refractivity contribution in [3.8, 4) is 11.4 Å². The summed E-state index contributed by atoms with van der Waals surface area (Å²) >= 11 is 0. The van der Waals surface area contributed by atoms with E-state index in [4.69, 9.17) is 10.5 Å².